The molecule has 2 N–H and O–H groups in total. The van der Waals surface area contributed by atoms with Crippen molar-refractivity contribution in [1.82, 2.24) is 15.5 Å². The highest BCUT2D eigenvalue weighted by Crippen LogP contribution is 2.33. The smallest absolute Gasteiger partial charge is 0.255 e. The molecule has 0 radical (unpaired) electrons. The minimum Gasteiger partial charge on any atom is -0.322 e. The molecule has 4 rings (SSSR count). The Hall–Kier alpha value is -2.21. The molecular formula is C19H23N3O3. The minimum absolute atomic E-state index is 0.0925. The summed E-state index contributed by atoms with van der Waals surface area (Å²) in [4.78, 5) is 38.0. The lowest BCUT2D eigenvalue weighted by molar-refractivity contribution is -0.136. The minimum atomic E-state index is -0.548. The Morgan fingerprint density at radius 2 is 1.96 bits per heavy atom. The van der Waals surface area contributed by atoms with E-state index in [2.05, 4.69) is 22.8 Å². The zero-order valence-electron chi connectivity index (χ0n) is 14.4. The van der Waals surface area contributed by atoms with Crippen LogP contribution in [-0.2, 0) is 16.1 Å². The van der Waals surface area contributed by atoms with Gasteiger partial charge in [-0.3, -0.25) is 19.7 Å². The van der Waals surface area contributed by atoms with Crippen LogP contribution in [0.3, 0.4) is 0 Å². The summed E-state index contributed by atoms with van der Waals surface area (Å²) in [6, 6.07) is 4.02. The number of nitrogens with zero attached hydrogens (tertiary/aromatic N) is 1. The van der Waals surface area contributed by atoms with Gasteiger partial charge in [0.25, 0.3) is 5.91 Å². The highest BCUT2D eigenvalue weighted by molar-refractivity contribution is 6.06. The molecule has 6 heteroatoms. The summed E-state index contributed by atoms with van der Waals surface area (Å²) in [6.45, 7) is 3.45. The molecule has 0 aliphatic carbocycles. The normalized spacial score (nSPS) is 26.6. The summed E-state index contributed by atoms with van der Waals surface area (Å²) in [6.07, 6.45) is 4.23. The fraction of sp³-hybridized carbons (Fsp3) is 0.526. The lowest BCUT2D eigenvalue weighted by atomic mass is 9.92. The SMILES string of the molecule is Cc1cc(C2CCCCN2)cc2c1C(=O)N(C1CCC(=O)NC1=O)C2. The van der Waals surface area contributed by atoms with Crippen LogP contribution in [0.4, 0.5) is 0 Å². The number of rotatable bonds is 2. The molecule has 3 amide bonds. The molecule has 1 aromatic rings. The number of fused-ring (bicyclic) bond motifs is 1. The molecule has 3 aliphatic rings. The number of amides is 3. The number of benzene rings is 1. The molecule has 3 heterocycles. The molecule has 3 aliphatic heterocycles. The van der Waals surface area contributed by atoms with Crippen LogP contribution in [0.5, 0.6) is 0 Å². The average molecular weight is 341 g/mol. The third kappa shape index (κ3) is 2.84. The van der Waals surface area contributed by atoms with Crippen LogP contribution in [0.15, 0.2) is 12.1 Å². The third-order valence-electron chi connectivity index (χ3n) is 5.55. The molecule has 6 nitrogen and oxygen atoms in total. The fourth-order valence-corrected chi connectivity index (χ4v) is 4.29. The van der Waals surface area contributed by atoms with Gasteiger partial charge in [0.15, 0.2) is 0 Å². The van der Waals surface area contributed by atoms with Crippen LogP contribution >= 0.6 is 0 Å². The molecule has 25 heavy (non-hydrogen) atoms. The van der Waals surface area contributed by atoms with Crippen LogP contribution < -0.4 is 10.6 Å². The van der Waals surface area contributed by atoms with Gasteiger partial charge < -0.3 is 10.2 Å². The molecule has 0 bridgehead atoms. The Bertz CT molecular complexity index is 753. The summed E-state index contributed by atoms with van der Waals surface area (Å²) in [5, 5.41) is 5.90. The monoisotopic (exact) mass is 341 g/mol. The highest BCUT2D eigenvalue weighted by Gasteiger charge is 2.40. The second-order valence-corrected chi connectivity index (χ2v) is 7.27. The molecule has 0 saturated carbocycles. The number of piperidine rings is 2. The number of hydrogen-bond acceptors (Lipinski definition) is 4. The maximum Gasteiger partial charge on any atom is 0.255 e. The van der Waals surface area contributed by atoms with Crippen molar-refractivity contribution in [2.45, 2.75) is 57.7 Å². The molecule has 132 valence electrons. The van der Waals surface area contributed by atoms with Gasteiger partial charge in [0.05, 0.1) is 0 Å². The Morgan fingerprint density at radius 3 is 2.68 bits per heavy atom. The molecule has 2 fully saturated rings. The quantitative estimate of drug-likeness (QED) is 0.801. The van der Waals surface area contributed by atoms with E-state index in [0.29, 0.717) is 19.0 Å². The first-order valence-electron chi connectivity index (χ1n) is 9.06. The van der Waals surface area contributed by atoms with Gasteiger partial charge in [-0.1, -0.05) is 18.6 Å². The van der Waals surface area contributed by atoms with Gasteiger partial charge in [-0.2, -0.15) is 0 Å². The second-order valence-electron chi connectivity index (χ2n) is 7.27. The number of carbonyl (C=O) groups excluding carboxylic acids is 3. The largest absolute Gasteiger partial charge is 0.322 e. The van der Waals surface area contributed by atoms with Gasteiger partial charge in [0.1, 0.15) is 6.04 Å². The number of imide groups is 1. The van der Waals surface area contributed by atoms with E-state index in [4.69, 9.17) is 0 Å². The van der Waals surface area contributed by atoms with Gasteiger partial charge in [-0.25, -0.2) is 0 Å². The fourth-order valence-electron chi connectivity index (χ4n) is 4.29. The number of hydrogen-bond donors (Lipinski definition) is 2. The van der Waals surface area contributed by atoms with Crippen LogP contribution in [0.2, 0.25) is 0 Å². The summed E-state index contributed by atoms with van der Waals surface area (Å²) in [5.74, 6) is -0.707. The lowest BCUT2D eigenvalue weighted by Crippen LogP contribution is -2.52. The molecule has 2 saturated heterocycles. The van der Waals surface area contributed by atoms with Gasteiger partial charge >= 0.3 is 0 Å². The average Bonchev–Trinajstić information content (AvgIpc) is 2.93. The Balaban J connectivity index is 1.61. The molecule has 1 aromatic carbocycles. The molecule has 2 unspecified atom stereocenters. The van der Waals surface area contributed by atoms with E-state index in [0.717, 1.165) is 29.7 Å². The van der Waals surface area contributed by atoms with Crippen molar-refractivity contribution in [3.8, 4) is 0 Å². The van der Waals surface area contributed by atoms with Gasteiger partial charge in [0.2, 0.25) is 11.8 Å². The first-order chi connectivity index (χ1) is 12.0. The van der Waals surface area contributed by atoms with Crippen molar-refractivity contribution >= 4 is 17.7 Å². The molecule has 0 spiro atoms. The number of carbonyl (C=O) groups is 3. The Kier molecular flexibility index (Phi) is 4.07. The van der Waals surface area contributed by atoms with Crippen molar-refractivity contribution in [2.24, 2.45) is 0 Å². The van der Waals surface area contributed by atoms with Crippen molar-refractivity contribution in [3.63, 3.8) is 0 Å². The zero-order valence-corrected chi connectivity index (χ0v) is 14.4. The van der Waals surface area contributed by atoms with Crippen molar-refractivity contribution < 1.29 is 14.4 Å². The van der Waals surface area contributed by atoms with Crippen LogP contribution in [0, 0.1) is 6.92 Å². The summed E-state index contributed by atoms with van der Waals surface area (Å²) in [7, 11) is 0. The van der Waals surface area contributed by atoms with Crippen molar-refractivity contribution in [3.05, 3.63) is 34.4 Å². The van der Waals surface area contributed by atoms with Crippen molar-refractivity contribution in [1.29, 1.82) is 0 Å². The van der Waals surface area contributed by atoms with E-state index in [-0.39, 0.29) is 24.1 Å². The predicted molar refractivity (Wildman–Crippen MR) is 91.8 cm³/mol. The van der Waals surface area contributed by atoms with Gasteiger partial charge in [-0.15, -0.1) is 0 Å². The van der Waals surface area contributed by atoms with Crippen LogP contribution in [-0.4, -0.2) is 35.2 Å². The van der Waals surface area contributed by atoms with E-state index in [1.54, 1.807) is 4.90 Å². The first-order valence-corrected chi connectivity index (χ1v) is 9.06. The van der Waals surface area contributed by atoms with E-state index >= 15 is 0 Å². The first kappa shape index (κ1) is 16.3. The Labute approximate surface area is 147 Å². The Morgan fingerprint density at radius 1 is 1.12 bits per heavy atom. The third-order valence-corrected chi connectivity index (χ3v) is 5.55. The second kappa shape index (κ2) is 6.26. The van der Waals surface area contributed by atoms with Gasteiger partial charge in [-0.05, 0) is 49.4 Å². The standard InChI is InChI=1S/C19H23N3O3/c1-11-8-12(14-4-2-3-7-20-14)9-13-10-22(19(25)17(11)13)15-5-6-16(23)21-18(15)24/h8-9,14-15,20H,2-7,10H2,1H3,(H,21,23,24). The number of nitrogens with one attached hydrogen (secondary N) is 2. The van der Waals surface area contributed by atoms with E-state index in [9.17, 15) is 14.4 Å². The zero-order chi connectivity index (χ0) is 17.6. The van der Waals surface area contributed by atoms with Gasteiger partial charge in [0, 0.05) is 24.6 Å². The molecule has 0 aromatic heterocycles. The van der Waals surface area contributed by atoms with Crippen LogP contribution in [0.25, 0.3) is 0 Å². The van der Waals surface area contributed by atoms with E-state index in [1.807, 2.05) is 6.92 Å². The highest BCUT2D eigenvalue weighted by atomic mass is 16.2. The van der Waals surface area contributed by atoms with Crippen LogP contribution in [0.1, 0.15) is 65.2 Å². The maximum absolute atomic E-state index is 12.9. The molecular weight excluding hydrogens is 318 g/mol. The van der Waals surface area contributed by atoms with Crippen molar-refractivity contribution in [2.75, 3.05) is 6.54 Å². The summed E-state index contributed by atoms with van der Waals surface area (Å²) in [5.41, 5.74) is 3.93. The summed E-state index contributed by atoms with van der Waals surface area (Å²) < 4.78 is 0. The maximum atomic E-state index is 12.9. The molecule has 2 atom stereocenters. The predicted octanol–water partition coefficient (Wildman–Crippen LogP) is 1.57. The topological polar surface area (TPSA) is 78.5 Å². The van der Waals surface area contributed by atoms with E-state index in [1.165, 1.54) is 18.4 Å². The lowest BCUT2D eigenvalue weighted by Gasteiger charge is -2.29. The van der Waals surface area contributed by atoms with E-state index < -0.39 is 6.04 Å². The summed E-state index contributed by atoms with van der Waals surface area (Å²) >= 11 is 0. The number of aryl methyl sites for hydroxylation is 1.